The van der Waals surface area contributed by atoms with Crippen LogP contribution in [0.15, 0.2) is 31.6 Å². The zero-order chi connectivity index (χ0) is 15.4. The highest BCUT2D eigenvalue weighted by Gasteiger charge is 2.01. The largest absolute Gasteiger partial charge is 0.330 e. The Bertz CT molecular complexity index is 812. The van der Waals surface area contributed by atoms with Gasteiger partial charge in [-0.3, -0.25) is 19.1 Å². The van der Waals surface area contributed by atoms with Crippen molar-refractivity contribution in [2.75, 3.05) is 0 Å². The number of rotatable bonds is 0. The van der Waals surface area contributed by atoms with Gasteiger partial charge in [0.15, 0.2) is 0 Å². The Labute approximate surface area is 139 Å². The maximum Gasteiger partial charge on any atom is 0.330 e. The summed E-state index contributed by atoms with van der Waals surface area (Å²) in [6.45, 7) is 0. The molecule has 2 rings (SSSR count). The van der Waals surface area contributed by atoms with Gasteiger partial charge in [-0.2, -0.15) is 0 Å². The van der Waals surface area contributed by atoms with Crippen LogP contribution in [-0.2, 0) is 14.1 Å². The topological polar surface area (TPSA) is 110 Å². The summed E-state index contributed by atoms with van der Waals surface area (Å²) >= 11 is 3.73. The van der Waals surface area contributed by atoms with E-state index < -0.39 is 5.69 Å². The van der Waals surface area contributed by atoms with E-state index in [0.29, 0.717) is 7.14 Å². The molecule has 0 radical (unpaired) electrons. The van der Waals surface area contributed by atoms with Crippen LogP contribution in [0.1, 0.15) is 0 Å². The normalized spacial score (nSPS) is 9.80. The quantitative estimate of drug-likeness (QED) is 0.466. The van der Waals surface area contributed by atoms with Crippen LogP contribution in [0, 0.1) is 7.14 Å². The molecule has 0 aromatic carbocycles. The maximum absolute atomic E-state index is 11.1. The molecule has 2 aromatic heterocycles. The van der Waals surface area contributed by atoms with Crippen LogP contribution in [0.5, 0.6) is 0 Å². The van der Waals surface area contributed by atoms with E-state index in [0.717, 1.165) is 4.57 Å². The van der Waals surface area contributed by atoms with Crippen molar-refractivity contribution in [3.63, 3.8) is 0 Å². The lowest BCUT2D eigenvalue weighted by Crippen LogP contribution is -2.37. The Kier molecular flexibility index (Phi) is 5.91. The number of hydrogen-bond donors (Lipinski definition) is 2. The summed E-state index contributed by atoms with van der Waals surface area (Å²) in [6.07, 6.45) is 2.88. The molecule has 108 valence electrons. The number of hydrogen-bond acceptors (Lipinski definition) is 4. The summed E-state index contributed by atoms with van der Waals surface area (Å²) in [7, 11) is 3.08. The zero-order valence-electron chi connectivity index (χ0n) is 10.4. The van der Waals surface area contributed by atoms with E-state index in [1.807, 2.05) is 45.2 Å². The molecule has 0 bridgehead atoms. The molecule has 20 heavy (non-hydrogen) atoms. The van der Waals surface area contributed by atoms with Crippen LogP contribution in [0.2, 0.25) is 0 Å². The number of nitrogens with zero attached hydrogens (tertiary/aromatic N) is 2. The van der Waals surface area contributed by atoms with Crippen molar-refractivity contribution in [2.45, 2.75) is 0 Å². The third-order valence-corrected chi connectivity index (χ3v) is 3.72. The predicted octanol–water partition coefficient (Wildman–Crippen LogP) is -0.644. The Morgan fingerprint density at radius 3 is 2.15 bits per heavy atom. The molecular weight excluding hydrogens is 494 g/mol. The number of halogens is 2. The minimum absolute atomic E-state index is 0.242. The SMILES string of the molecule is Cn1cc(I)c(=O)n(C)c1=O.O=c1[nH]cc(I)c(=O)[nH]1. The highest BCUT2D eigenvalue weighted by molar-refractivity contribution is 14.1. The molecule has 0 aliphatic heterocycles. The minimum Gasteiger partial charge on any atom is -0.313 e. The molecule has 2 N–H and O–H groups in total. The van der Waals surface area contributed by atoms with E-state index in [1.165, 1.54) is 24.0 Å². The monoisotopic (exact) mass is 504 g/mol. The van der Waals surface area contributed by atoms with Crippen molar-refractivity contribution in [2.24, 2.45) is 14.1 Å². The molecule has 0 aliphatic rings. The van der Waals surface area contributed by atoms with Gasteiger partial charge in [-0.1, -0.05) is 0 Å². The Morgan fingerprint density at radius 1 is 1.05 bits per heavy atom. The number of aryl methyl sites for hydroxylation is 1. The maximum atomic E-state index is 11.1. The molecule has 0 amide bonds. The molecule has 0 saturated heterocycles. The molecule has 8 nitrogen and oxygen atoms in total. The first-order chi connectivity index (χ1) is 9.23. The average molecular weight is 504 g/mol. The first-order valence-corrected chi connectivity index (χ1v) is 7.29. The minimum atomic E-state index is -0.472. The predicted molar refractivity (Wildman–Crippen MR) is 90.0 cm³/mol. The van der Waals surface area contributed by atoms with E-state index in [1.54, 1.807) is 7.05 Å². The third-order valence-electron chi connectivity index (χ3n) is 2.18. The summed E-state index contributed by atoms with van der Waals surface area (Å²) in [5.41, 5.74) is -1.36. The highest BCUT2D eigenvalue weighted by Crippen LogP contribution is 1.91. The summed E-state index contributed by atoms with van der Waals surface area (Å²) in [5.74, 6) is 0. The summed E-state index contributed by atoms with van der Waals surface area (Å²) < 4.78 is 3.49. The van der Waals surface area contributed by atoms with Crippen LogP contribution in [0.25, 0.3) is 0 Å². The van der Waals surface area contributed by atoms with Gasteiger partial charge in [0.05, 0.1) is 7.14 Å². The van der Waals surface area contributed by atoms with E-state index >= 15 is 0 Å². The van der Waals surface area contributed by atoms with Gasteiger partial charge in [-0.15, -0.1) is 0 Å². The summed E-state index contributed by atoms with van der Waals surface area (Å²) in [6, 6.07) is 0. The van der Waals surface area contributed by atoms with E-state index in [2.05, 4.69) is 9.97 Å². The van der Waals surface area contributed by atoms with Crippen LogP contribution >= 0.6 is 45.2 Å². The Morgan fingerprint density at radius 2 is 1.65 bits per heavy atom. The van der Waals surface area contributed by atoms with Crippen molar-refractivity contribution in [3.05, 3.63) is 61.2 Å². The number of aromatic nitrogens is 4. The van der Waals surface area contributed by atoms with Crippen LogP contribution in [-0.4, -0.2) is 19.1 Å². The molecule has 0 unspecified atom stereocenters. The van der Waals surface area contributed by atoms with Crippen LogP contribution < -0.4 is 22.5 Å². The highest BCUT2D eigenvalue weighted by atomic mass is 127. The second kappa shape index (κ2) is 7.01. The van der Waals surface area contributed by atoms with E-state index in [4.69, 9.17) is 0 Å². The van der Waals surface area contributed by atoms with Gasteiger partial charge in [0, 0.05) is 26.5 Å². The van der Waals surface area contributed by atoms with E-state index in [9.17, 15) is 19.2 Å². The van der Waals surface area contributed by atoms with Crippen molar-refractivity contribution < 1.29 is 0 Å². The molecule has 2 heterocycles. The first-order valence-electron chi connectivity index (χ1n) is 5.13. The molecule has 0 atom stereocenters. The lowest BCUT2D eigenvalue weighted by molar-refractivity contribution is 0.679. The smallest absolute Gasteiger partial charge is 0.313 e. The van der Waals surface area contributed by atoms with Gasteiger partial charge in [0.25, 0.3) is 11.1 Å². The Balaban J connectivity index is 0.000000204. The van der Waals surface area contributed by atoms with Crippen molar-refractivity contribution in [3.8, 4) is 0 Å². The molecule has 0 aliphatic carbocycles. The molecule has 2 aromatic rings. The molecule has 10 heteroatoms. The van der Waals surface area contributed by atoms with Crippen LogP contribution in [0.4, 0.5) is 0 Å². The fourth-order valence-electron chi connectivity index (χ4n) is 1.16. The number of aromatic amines is 2. The summed E-state index contributed by atoms with van der Waals surface area (Å²) in [4.78, 5) is 47.4. The fraction of sp³-hybridized carbons (Fsp3) is 0.200. The van der Waals surface area contributed by atoms with Gasteiger partial charge in [0.1, 0.15) is 0 Å². The van der Waals surface area contributed by atoms with Crippen molar-refractivity contribution in [1.82, 2.24) is 19.1 Å². The first kappa shape index (κ1) is 16.9. The van der Waals surface area contributed by atoms with Crippen molar-refractivity contribution >= 4 is 45.2 Å². The lowest BCUT2D eigenvalue weighted by atomic mass is 10.6. The second-order valence-corrected chi connectivity index (χ2v) is 5.98. The fourth-order valence-corrected chi connectivity index (χ4v) is 2.23. The molecule has 0 spiro atoms. The van der Waals surface area contributed by atoms with Crippen molar-refractivity contribution in [1.29, 1.82) is 0 Å². The number of nitrogens with one attached hydrogen (secondary N) is 2. The zero-order valence-corrected chi connectivity index (χ0v) is 14.8. The molecular formula is C10H10I2N4O4. The lowest BCUT2D eigenvalue weighted by Gasteiger charge is -2.00. The van der Waals surface area contributed by atoms with Gasteiger partial charge in [-0.05, 0) is 45.2 Å². The second-order valence-electron chi connectivity index (χ2n) is 3.65. The van der Waals surface area contributed by atoms with E-state index in [-0.39, 0.29) is 16.8 Å². The molecule has 0 saturated carbocycles. The third kappa shape index (κ3) is 4.16. The van der Waals surface area contributed by atoms with Gasteiger partial charge in [0.2, 0.25) is 0 Å². The Hall–Kier alpha value is -1.18. The van der Waals surface area contributed by atoms with Crippen LogP contribution in [0.3, 0.4) is 0 Å². The molecule has 0 fully saturated rings. The van der Waals surface area contributed by atoms with Gasteiger partial charge < -0.3 is 9.55 Å². The van der Waals surface area contributed by atoms with Gasteiger partial charge in [-0.25, -0.2) is 9.59 Å². The summed E-state index contributed by atoms with van der Waals surface area (Å²) in [5, 5.41) is 0. The standard InChI is InChI=1S/C6H7IN2O2.C4H3IN2O2/c1-8-3-4(7)5(10)9(2)6(8)11;5-2-1-6-4(9)7-3(2)8/h3H,1-2H3;1H,(H2,6,7,8,9). The number of H-pyrrole nitrogens is 2. The van der Waals surface area contributed by atoms with Gasteiger partial charge >= 0.3 is 11.4 Å². The average Bonchev–Trinajstić information content (AvgIpc) is 2.39.